The average molecular weight is 330 g/mol. The molecule has 25 heavy (non-hydrogen) atoms. The Kier molecular flexibility index (Phi) is 5.24. The fourth-order valence-corrected chi connectivity index (χ4v) is 2.88. The molecule has 126 valence electrons. The van der Waals surface area contributed by atoms with E-state index in [-0.39, 0.29) is 5.91 Å². The Bertz CT molecular complexity index is 905. The number of amides is 1. The van der Waals surface area contributed by atoms with Gasteiger partial charge in [0.05, 0.1) is 12.1 Å². The van der Waals surface area contributed by atoms with Crippen molar-refractivity contribution in [2.75, 3.05) is 0 Å². The molecule has 3 heteroatoms. The minimum atomic E-state index is -0.102. The maximum absolute atomic E-state index is 12.3. The topological polar surface area (TPSA) is 41.5 Å². The zero-order valence-corrected chi connectivity index (χ0v) is 14.6. The number of hydrogen-bond donors (Lipinski definition) is 1. The molecule has 3 aromatic rings. The molecule has 3 rings (SSSR count). The first kappa shape index (κ1) is 16.9. The molecule has 0 aliphatic heterocycles. The summed E-state index contributed by atoms with van der Waals surface area (Å²) in [6, 6.07) is 22.3. The van der Waals surface area contributed by atoms with Crippen LogP contribution in [0.2, 0.25) is 0 Å². The van der Waals surface area contributed by atoms with Crippen molar-refractivity contribution in [3.63, 3.8) is 0 Å². The van der Waals surface area contributed by atoms with Crippen LogP contribution < -0.4 is 5.43 Å². The maximum atomic E-state index is 12.3. The van der Waals surface area contributed by atoms with Gasteiger partial charge in [-0.05, 0) is 35.2 Å². The number of carbonyl (C=O) groups is 1. The first-order chi connectivity index (χ1) is 12.2. The number of benzene rings is 3. The van der Waals surface area contributed by atoms with E-state index in [0.717, 1.165) is 34.0 Å². The molecule has 0 heterocycles. The minimum Gasteiger partial charge on any atom is -0.273 e. The molecule has 0 aliphatic carbocycles. The van der Waals surface area contributed by atoms with Gasteiger partial charge in [0.25, 0.3) is 0 Å². The van der Waals surface area contributed by atoms with Gasteiger partial charge in [-0.3, -0.25) is 4.79 Å². The molecule has 0 aromatic heterocycles. The second-order valence-electron chi connectivity index (χ2n) is 6.13. The highest BCUT2D eigenvalue weighted by atomic mass is 16.2. The van der Waals surface area contributed by atoms with Crippen molar-refractivity contribution in [2.45, 2.75) is 26.7 Å². The van der Waals surface area contributed by atoms with Gasteiger partial charge < -0.3 is 0 Å². The van der Waals surface area contributed by atoms with Gasteiger partial charge >= 0.3 is 0 Å². The summed E-state index contributed by atoms with van der Waals surface area (Å²) in [5.74, 6) is -0.102. The fourth-order valence-electron chi connectivity index (χ4n) is 2.88. The largest absolute Gasteiger partial charge is 0.273 e. The van der Waals surface area contributed by atoms with Crippen molar-refractivity contribution in [1.29, 1.82) is 0 Å². The zero-order valence-electron chi connectivity index (χ0n) is 14.6. The predicted octanol–water partition coefficient (Wildman–Crippen LogP) is 4.62. The highest BCUT2D eigenvalue weighted by Gasteiger charge is 2.07. The second-order valence-corrected chi connectivity index (χ2v) is 6.13. The van der Waals surface area contributed by atoms with E-state index in [9.17, 15) is 4.79 Å². The summed E-state index contributed by atoms with van der Waals surface area (Å²) < 4.78 is 0. The molecule has 0 spiro atoms. The summed E-state index contributed by atoms with van der Waals surface area (Å²) >= 11 is 0. The number of carbonyl (C=O) groups excluding carboxylic acids is 1. The first-order valence-electron chi connectivity index (χ1n) is 8.56. The Hall–Kier alpha value is -2.94. The molecule has 1 N–H and O–H groups in total. The van der Waals surface area contributed by atoms with Crippen LogP contribution in [0.15, 0.2) is 71.8 Å². The second kappa shape index (κ2) is 7.75. The van der Waals surface area contributed by atoms with Gasteiger partial charge in [0, 0.05) is 0 Å². The first-order valence-corrected chi connectivity index (χ1v) is 8.56. The summed E-state index contributed by atoms with van der Waals surface area (Å²) in [5.41, 5.74) is 6.85. The van der Waals surface area contributed by atoms with Gasteiger partial charge in [-0.1, -0.05) is 79.2 Å². The molecule has 3 aromatic carbocycles. The van der Waals surface area contributed by atoms with Crippen LogP contribution in [0.1, 0.15) is 30.0 Å². The Labute approximate surface area is 148 Å². The number of aryl methyl sites for hydroxylation is 1. The molecule has 0 fully saturated rings. The summed E-state index contributed by atoms with van der Waals surface area (Å²) in [4.78, 5) is 12.3. The summed E-state index contributed by atoms with van der Waals surface area (Å²) in [7, 11) is 0. The highest BCUT2D eigenvalue weighted by molar-refractivity contribution is 6.01. The maximum Gasteiger partial charge on any atom is 0.244 e. The quantitative estimate of drug-likeness (QED) is 0.538. The van der Waals surface area contributed by atoms with Crippen LogP contribution in [-0.2, 0) is 11.2 Å². The van der Waals surface area contributed by atoms with Gasteiger partial charge in [-0.2, -0.15) is 5.10 Å². The normalized spacial score (nSPS) is 11.5. The third-order valence-corrected chi connectivity index (χ3v) is 4.27. The van der Waals surface area contributed by atoms with Crippen molar-refractivity contribution in [2.24, 2.45) is 5.10 Å². The number of rotatable bonds is 5. The van der Waals surface area contributed by atoms with E-state index in [1.54, 1.807) is 0 Å². The molecule has 0 unspecified atom stereocenters. The van der Waals surface area contributed by atoms with E-state index in [1.807, 2.05) is 49.4 Å². The third kappa shape index (κ3) is 4.13. The number of hydrazone groups is 1. The van der Waals surface area contributed by atoms with Crippen molar-refractivity contribution >= 4 is 22.4 Å². The molecule has 0 radical (unpaired) electrons. The van der Waals surface area contributed by atoms with Crippen LogP contribution in [0.25, 0.3) is 10.8 Å². The molecule has 0 atom stereocenters. The fraction of sp³-hybridized carbons (Fsp3) is 0.182. The SMILES string of the molecule is CCC(=NNC(=O)Cc1cccc2ccccc12)c1ccc(C)cc1. The van der Waals surface area contributed by atoms with E-state index >= 15 is 0 Å². The average Bonchev–Trinajstić information content (AvgIpc) is 2.64. The van der Waals surface area contributed by atoms with Crippen LogP contribution in [0.5, 0.6) is 0 Å². The standard InChI is InChI=1S/C22H22N2O/c1-3-21(18-13-11-16(2)12-14-18)23-24-22(25)15-19-9-6-8-17-7-4-5-10-20(17)19/h4-14H,3,15H2,1-2H3,(H,24,25). The van der Waals surface area contributed by atoms with E-state index in [4.69, 9.17) is 0 Å². The number of hydrogen-bond acceptors (Lipinski definition) is 2. The highest BCUT2D eigenvalue weighted by Crippen LogP contribution is 2.18. The molecule has 0 aliphatic rings. The number of fused-ring (bicyclic) bond motifs is 1. The monoisotopic (exact) mass is 330 g/mol. The smallest absolute Gasteiger partial charge is 0.244 e. The predicted molar refractivity (Wildman–Crippen MR) is 104 cm³/mol. The Balaban J connectivity index is 1.74. The molecule has 3 nitrogen and oxygen atoms in total. The van der Waals surface area contributed by atoms with Gasteiger partial charge in [0.15, 0.2) is 0 Å². The van der Waals surface area contributed by atoms with Crippen LogP contribution >= 0.6 is 0 Å². The molecule has 1 amide bonds. The Morgan fingerprint density at radius 2 is 1.68 bits per heavy atom. The molecular weight excluding hydrogens is 308 g/mol. The lowest BCUT2D eigenvalue weighted by Crippen LogP contribution is -2.22. The van der Waals surface area contributed by atoms with Gasteiger partial charge in [0.2, 0.25) is 5.91 Å². The van der Waals surface area contributed by atoms with Gasteiger partial charge in [-0.15, -0.1) is 0 Å². The van der Waals surface area contributed by atoms with Crippen molar-refractivity contribution in [3.8, 4) is 0 Å². The van der Waals surface area contributed by atoms with E-state index in [2.05, 4.69) is 41.7 Å². The lowest BCUT2D eigenvalue weighted by molar-refractivity contribution is -0.120. The van der Waals surface area contributed by atoms with Crippen molar-refractivity contribution in [3.05, 3.63) is 83.4 Å². The van der Waals surface area contributed by atoms with Gasteiger partial charge in [0.1, 0.15) is 0 Å². The van der Waals surface area contributed by atoms with E-state index in [1.165, 1.54) is 5.56 Å². The summed E-state index contributed by atoms with van der Waals surface area (Å²) in [6.45, 7) is 4.09. The van der Waals surface area contributed by atoms with Crippen LogP contribution in [0, 0.1) is 6.92 Å². The van der Waals surface area contributed by atoms with E-state index < -0.39 is 0 Å². The van der Waals surface area contributed by atoms with Crippen LogP contribution in [0.3, 0.4) is 0 Å². The lowest BCUT2D eigenvalue weighted by Gasteiger charge is -2.08. The molecule has 0 saturated carbocycles. The number of nitrogens with zero attached hydrogens (tertiary/aromatic N) is 1. The van der Waals surface area contributed by atoms with Crippen molar-refractivity contribution in [1.82, 2.24) is 5.43 Å². The third-order valence-electron chi connectivity index (χ3n) is 4.27. The van der Waals surface area contributed by atoms with Crippen molar-refractivity contribution < 1.29 is 4.79 Å². The van der Waals surface area contributed by atoms with Crippen LogP contribution in [0.4, 0.5) is 0 Å². The van der Waals surface area contributed by atoms with E-state index in [0.29, 0.717) is 6.42 Å². The van der Waals surface area contributed by atoms with Gasteiger partial charge in [-0.25, -0.2) is 5.43 Å². The molecule has 0 saturated heterocycles. The van der Waals surface area contributed by atoms with Crippen LogP contribution in [-0.4, -0.2) is 11.6 Å². The lowest BCUT2D eigenvalue weighted by atomic mass is 10.0. The minimum absolute atomic E-state index is 0.102. The summed E-state index contributed by atoms with van der Waals surface area (Å²) in [5, 5.41) is 6.59. The molecular formula is C22H22N2O. The zero-order chi connectivity index (χ0) is 17.6. The number of nitrogens with one attached hydrogen (secondary N) is 1. The molecule has 0 bridgehead atoms. The Morgan fingerprint density at radius 1 is 0.960 bits per heavy atom. The summed E-state index contributed by atoms with van der Waals surface area (Å²) in [6.07, 6.45) is 1.08. The Morgan fingerprint density at radius 3 is 2.44 bits per heavy atom.